The van der Waals surface area contributed by atoms with E-state index < -0.39 is 0 Å². The third kappa shape index (κ3) is 21.8. The van der Waals surface area contributed by atoms with Gasteiger partial charge in [-0.3, -0.25) is 9.59 Å². The fourth-order valence-corrected chi connectivity index (χ4v) is 5.24. The molecule has 3 heterocycles. The fourth-order valence-electron chi connectivity index (χ4n) is 2.67. The summed E-state index contributed by atoms with van der Waals surface area (Å²) in [6.07, 6.45) is 1.08. The average Bonchev–Trinajstić information content (AvgIpc) is 3.49. The zero-order valence-electron chi connectivity index (χ0n) is 25.9. The highest BCUT2D eigenvalue weighted by Gasteiger charge is 2.19. The van der Waals surface area contributed by atoms with Gasteiger partial charge < -0.3 is 0 Å². The van der Waals surface area contributed by atoms with Crippen molar-refractivity contribution in [3.63, 3.8) is 0 Å². The molecule has 0 spiro atoms. The van der Waals surface area contributed by atoms with Gasteiger partial charge in [-0.2, -0.15) is 11.3 Å². The molecule has 2 nitrogen and oxygen atoms in total. The molecule has 0 N–H and O–H groups in total. The van der Waals surface area contributed by atoms with E-state index in [2.05, 4.69) is 85.6 Å². The summed E-state index contributed by atoms with van der Waals surface area (Å²) < 4.78 is 0. The lowest BCUT2D eigenvalue weighted by atomic mass is 9.89. The van der Waals surface area contributed by atoms with Gasteiger partial charge in [-0.15, -0.1) is 22.7 Å². The van der Waals surface area contributed by atoms with Gasteiger partial charge in [-0.1, -0.05) is 65.5 Å². The molecule has 0 saturated heterocycles. The van der Waals surface area contributed by atoms with Gasteiger partial charge in [0.25, 0.3) is 0 Å². The standard InChI is InChI=1S/C12H18OS.C11H14S.C6H11ClO.C4H4S/c1-8-6-11(14-9(8)2)10(13)7-12(3,4)5;1-9-7-10(12-8-9)5-6-11(2,3)4;1-6(2,3)4-5(7)8;1-2-4-5-3-1/h6H,7H2,1-5H3;7-8H,1-4H3;4H2,1-3H3;1-4H. The molecule has 0 aliphatic carbocycles. The first-order valence-electron chi connectivity index (χ1n) is 13.0. The van der Waals surface area contributed by atoms with Crippen LogP contribution in [0.4, 0.5) is 0 Å². The minimum atomic E-state index is -0.252. The highest BCUT2D eigenvalue weighted by molar-refractivity contribution is 7.14. The number of carbonyl (C=O) groups is 2. The minimum Gasteiger partial charge on any atom is -0.293 e. The number of hydrogen-bond donors (Lipinski definition) is 0. The van der Waals surface area contributed by atoms with E-state index in [0.29, 0.717) is 12.8 Å². The Morgan fingerprint density at radius 2 is 1.38 bits per heavy atom. The van der Waals surface area contributed by atoms with Crippen LogP contribution >= 0.6 is 45.6 Å². The Morgan fingerprint density at radius 1 is 0.846 bits per heavy atom. The van der Waals surface area contributed by atoms with Crippen molar-refractivity contribution in [1.82, 2.24) is 0 Å². The van der Waals surface area contributed by atoms with E-state index >= 15 is 0 Å². The molecule has 39 heavy (non-hydrogen) atoms. The summed E-state index contributed by atoms with van der Waals surface area (Å²) in [7, 11) is 0. The van der Waals surface area contributed by atoms with Gasteiger partial charge in [-0.25, -0.2) is 0 Å². The SMILES string of the molecule is CC(C)(C)CC(=O)Cl.Cc1cc(C(=O)CC(C)(C)C)sc1C.Cc1csc(C#CC(C)(C)C)c1.c1ccsc1. The van der Waals surface area contributed by atoms with Crippen molar-refractivity contribution in [1.29, 1.82) is 0 Å². The lowest BCUT2D eigenvalue weighted by molar-refractivity contribution is -0.113. The molecule has 0 bridgehead atoms. The number of carbonyl (C=O) groups excluding carboxylic acids is 2. The zero-order chi connectivity index (χ0) is 30.4. The number of aryl methyl sites for hydroxylation is 3. The van der Waals surface area contributed by atoms with Crippen LogP contribution in [0.5, 0.6) is 0 Å². The number of halogens is 1. The first-order valence-corrected chi connectivity index (χ1v) is 16.0. The van der Waals surface area contributed by atoms with Gasteiger partial charge in [0.05, 0.1) is 9.75 Å². The van der Waals surface area contributed by atoms with Crippen LogP contribution in [0.2, 0.25) is 0 Å². The maximum atomic E-state index is 11.8. The molecular formula is C33H47ClO2S3. The third-order valence-electron chi connectivity index (χ3n) is 4.52. The number of thiophene rings is 3. The van der Waals surface area contributed by atoms with Crippen LogP contribution in [0, 0.1) is 48.9 Å². The lowest BCUT2D eigenvalue weighted by Gasteiger charge is -2.15. The second kappa shape index (κ2) is 17.2. The topological polar surface area (TPSA) is 34.1 Å². The zero-order valence-corrected chi connectivity index (χ0v) is 29.1. The maximum Gasteiger partial charge on any atom is 0.222 e. The Kier molecular flexibility index (Phi) is 16.4. The van der Waals surface area contributed by atoms with Crippen LogP contribution in [0.25, 0.3) is 0 Å². The second-order valence-corrected chi connectivity index (χ2v) is 16.3. The summed E-state index contributed by atoms with van der Waals surface area (Å²) in [6.45, 7) is 24.8. The predicted molar refractivity (Wildman–Crippen MR) is 177 cm³/mol. The van der Waals surface area contributed by atoms with E-state index in [-0.39, 0.29) is 27.3 Å². The van der Waals surface area contributed by atoms with Crippen LogP contribution in [-0.4, -0.2) is 11.0 Å². The second-order valence-electron chi connectivity index (χ2n) is 12.9. The van der Waals surface area contributed by atoms with Crippen LogP contribution in [0.1, 0.15) is 106 Å². The van der Waals surface area contributed by atoms with Crippen molar-refractivity contribution < 1.29 is 9.59 Å². The molecular weight excluding hydrogens is 560 g/mol. The summed E-state index contributed by atoms with van der Waals surface area (Å²) in [5, 5.41) is 5.96. The van der Waals surface area contributed by atoms with Crippen LogP contribution in [0.3, 0.4) is 0 Å². The van der Waals surface area contributed by atoms with Crippen molar-refractivity contribution in [2.75, 3.05) is 0 Å². The summed E-state index contributed by atoms with van der Waals surface area (Å²) in [5.41, 5.74) is 2.77. The Morgan fingerprint density at radius 3 is 1.67 bits per heavy atom. The predicted octanol–water partition coefficient (Wildman–Crippen LogP) is 11.4. The van der Waals surface area contributed by atoms with Crippen LogP contribution in [0.15, 0.2) is 40.4 Å². The molecule has 0 saturated carbocycles. The molecule has 216 valence electrons. The molecule has 3 aromatic rings. The van der Waals surface area contributed by atoms with E-state index in [1.54, 1.807) is 34.0 Å². The highest BCUT2D eigenvalue weighted by atomic mass is 35.5. The Hall–Kier alpha value is -1.71. The van der Waals surface area contributed by atoms with E-state index in [4.69, 9.17) is 11.6 Å². The Bertz CT molecular complexity index is 1150. The van der Waals surface area contributed by atoms with Gasteiger partial charge in [-0.05, 0) is 103 Å². The van der Waals surface area contributed by atoms with E-state index in [0.717, 1.165) is 4.88 Å². The van der Waals surface area contributed by atoms with Gasteiger partial charge in [0, 0.05) is 23.1 Å². The monoisotopic (exact) mass is 606 g/mol. The van der Waals surface area contributed by atoms with Crippen molar-refractivity contribution in [2.24, 2.45) is 16.2 Å². The Balaban J connectivity index is 0.000000523. The molecule has 0 aromatic carbocycles. The van der Waals surface area contributed by atoms with Crippen LogP contribution in [-0.2, 0) is 4.79 Å². The number of rotatable bonds is 3. The van der Waals surface area contributed by atoms with Gasteiger partial charge in [0.15, 0.2) is 5.78 Å². The lowest BCUT2D eigenvalue weighted by Crippen LogP contribution is -2.11. The molecule has 0 fully saturated rings. The quantitative estimate of drug-likeness (QED) is 0.169. The molecule has 0 aliphatic rings. The normalized spacial score (nSPS) is 10.9. The number of hydrogen-bond acceptors (Lipinski definition) is 5. The molecule has 0 atom stereocenters. The molecule has 0 unspecified atom stereocenters. The highest BCUT2D eigenvalue weighted by Crippen LogP contribution is 2.27. The Labute approximate surface area is 255 Å². The van der Waals surface area contributed by atoms with E-state index in [1.807, 2.05) is 49.7 Å². The third-order valence-corrected chi connectivity index (χ3v) is 7.44. The summed E-state index contributed by atoms with van der Waals surface area (Å²) >= 11 is 10.2. The first-order chi connectivity index (χ1) is 17.7. The molecule has 0 aliphatic heterocycles. The maximum absolute atomic E-state index is 11.8. The van der Waals surface area contributed by atoms with Gasteiger partial charge >= 0.3 is 0 Å². The fraction of sp³-hybridized carbons (Fsp3) is 0.515. The molecule has 6 heteroatoms. The molecule has 0 radical (unpaired) electrons. The molecule has 3 aromatic heterocycles. The largest absolute Gasteiger partial charge is 0.293 e. The summed E-state index contributed by atoms with van der Waals surface area (Å²) in [5.74, 6) is 6.66. The van der Waals surface area contributed by atoms with Crippen molar-refractivity contribution in [2.45, 2.75) is 95.9 Å². The smallest absolute Gasteiger partial charge is 0.222 e. The summed E-state index contributed by atoms with van der Waals surface area (Å²) in [4.78, 5) is 25.4. The van der Waals surface area contributed by atoms with Crippen LogP contribution < -0.4 is 0 Å². The average molecular weight is 607 g/mol. The van der Waals surface area contributed by atoms with Crippen molar-refractivity contribution >= 4 is 56.6 Å². The van der Waals surface area contributed by atoms with Crippen molar-refractivity contribution in [3.8, 4) is 11.8 Å². The minimum absolute atomic E-state index is 0.0405. The van der Waals surface area contributed by atoms with Gasteiger partial charge in [0.2, 0.25) is 5.24 Å². The van der Waals surface area contributed by atoms with Gasteiger partial charge in [0.1, 0.15) is 0 Å². The molecule has 0 amide bonds. The molecule has 3 rings (SSSR count). The van der Waals surface area contributed by atoms with E-state index in [1.165, 1.54) is 20.9 Å². The van der Waals surface area contributed by atoms with E-state index in [9.17, 15) is 9.59 Å². The van der Waals surface area contributed by atoms with Crippen molar-refractivity contribution in [3.05, 3.63) is 66.2 Å². The number of Topliss-reactive ketones (excluding diaryl/α,β-unsaturated/α-hetero) is 1. The number of ketones is 1. The summed E-state index contributed by atoms with van der Waals surface area (Å²) in [6, 6.07) is 8.17. The first kappa shape index (κ1) is 37.3.